The van der Waals surface area contributed by atoms with Crippen molar-refractivity contribution in [3.63, 3.8) is 0 Å². The Morgan fingerprint density at radius 2 is 1.81 bits per heavy atom. The molecule has 174 valence electrons. The van der Waals surface area contributed by atoms with E-state index in [1.807, 2.05) is 4.90 Å². The number of hydrogen-bond acceptors (Lipinski definition) is 3. The van der Waals surface area contributed by atoms with Crippen molar-refractivity contribution in [1.29, 1.82) is 0 Å². The summed E-state index contributed by atoms with van der Waals surface area (Å²) < 4.78 is 45.6. The molecule has 2 atom stereocenters. The minimum Gasteiger partial charge on any atom is -0.375 e. The number of ether oxygens (including phenoxy) is 1. The monoisotopic (exact) mass is 448 g/mol. The van der Waals surface area contributed by atoms with E-state index in [1.165, 1.54) is 25.3 Å². The van der Waals surface area contributed by atoms with Crippen molar-refractivity contribution in [2.75, 3.05) is 39.9 Å². The van der Waals surface area contributed by atoms with Crippen LogP contribution in [0, 0.1) is 29.3 Å². The van der Waals surface area contributed by atoms with Crippen molar-refractivity contribution < 1.29 is 22.7 Å². The minimum absolute atomic E-state index is 0.0270. The normalized spacial score (nSPS) is 19.0. The highest BCUT2D eigenvalue weighted by molar-refractivity contribution is 5.77. The number of likely N-dealkylation sites (tertiary alicyclic amines) is 1. The maximum atomic E-state index is 13.7. The molecule has 0 radical (unpaired) electrons. The highest BCUT2D eigenvalue weighted by Crippen LogP contribution is 2.34. The lowest BCUT2D eigenvalue weighted by molar-refractivity contribution is -0.136. The van der Waals surface area contributed by atoms with Gasteiger partial charge in [0.2, 0.25) is 5.91 Å². The molecule has 1 amide bonds. The molecule has 1 heterocycles. The Bertz CT molecular complexity index is 905. The topological polar surface area (TPSA) is 32.8 Å². The zero-order valence-corrected chi connectivity index (χ0v) is 18.9. The van der Waals surface area contributed by atoms with E-state index in [1.54, 1.807) is 18.2 Å². The number of halogens is 3. The summed E-state index contributed by atoms with van der Waals surface area (Å²) in [4.78, 5) is 16.7. The van der Waals surface area contributed by atoms with Gasteiger partial charge in [-0.3, -0.25) is 9.69 Å². The minimum atomic E-state index is -0.863. The van der Waals surface area contributed by atoms with Crippen LogP contribution in [0.15, 0.2) is 42.5 Å². The summed E-state index contributed by atoms with van der Waals surface area (Å²) in [5, 5.41) is 0. The van der Waals surface area contributed by atoms with Crippen molar-refractivity contribution in [2.45, 2.75) is 26.3 Å². The average Bonchev–Trinajstić information content (AvgIpc) is 3.13. The molecule has 0 aliphatic carbocycles. The second-order valence-corrected chi connectivity index (χ2v) is 8.99. The van der Waals surface area contributed by atoms with Gasteiger partial charge in [0.05, 0.1) is 0 Å². The highest BCUT2D eigenvalue weighted by atomic mass is 19.2. The lowest BCUT2D eigenvalue weighted by atomic mass is 9.88. The molecular formula is C25H31F3N2O2. The van der Waals surface area contributed by atoms with Gasteiger partial charge in [-0.1, -0.05) is 32.0 Å². The fraction of sp³-hybridized carbons (Fsp3) is 0.480. The second-order valence-electron chi connectivity index (χ2n) is 8.99. The molecule has 0 N–H and O–H groups in total. The number of amides is 1. The van der Waals surface area contributed by atoms with Gasteiger partial charge in [0.25, 0.3) is 0 Å². The molecule has 1 aliphatic rings. The van der Waals surface area contributed by atoms with Crippen molar-refractivity contribution in [1.82, 2.24) is 9.80 Å². The summed E-state index contributed by atoms with van der Waals surface area (Å²) in [5.74, 6) is -1.56. The van der Waals surface area contributed by atoms with Gasteiger partial charge >= 0.3 is 0 Å². The molecule has 1 aliphatic heterocycles. The van der Waals surface area contributed by atoms with Crippen LogP contribution >= 0.6 is 0 Å². The van der Waals surface area contributed by atoms with Gasteiger partial charge in [-0.2, -0.15) is 0 Å². The highest BCUT2D eigenvalue weighted by Gasteiger charge is 2.36. The predicted molar refractivity (Wildman–Crippen MR) is 118 cm³/mol. The van der Waals surface area contributed by atoms with Crippen molar-refractivity contribution in [2.24, 2.45) is 11.8 Å². The number of nitrogens with zero attached hydrogens (tertiary/aromatic N) is 2. The molecule has 7 heteroatoms. The number of benzene rings is 2. The molecular weight excluding hydrogens is 417 g/mol. The predicted octanol–water partition coefficient (Wildman–Crippen LogP) is 4.45. The molecule has 0 aromatic heterocycles. The molecule has 32 heavy (non-hydrogen) atoms. The molecule has 4 nitrogen and oxygen atoms in total. The first-order valence-electron chi connectivity index (χ1n) is 10.9. The molecule has 0 saturated carbocycles. The number of methoxy groups -OCH3 is 1. The number of rotatable bonds is 9. The third-order valence-electron chi connectivity index (χ3n) is 5.87. The Hall–Kier alpha value is -2.38. The second kappa shape index (κ2) is 11.0. The van der Waals surface area contributed by atoms with Gasteiger partial charge in [0.1, 0.15) is 12.4 Å². The van der Waals surface area contributed by atoms with Gasteiger partial charge in [-0.25, -0.2) is 13.2 Å². The zero-order chi connectivity index (χ0) is 23.3. The first-order valence-corrected chi connectivity index (χ1v) is 10.9. The molecule has 2 aromatic carbocycles. The van der Waals surface area contributed by atoms with Crippen LogP contribution in [-0.4, -0.2) is 55.6 Å². The number of carbonyl (C=O) groups excluding carboxylic acids is 1. The molecule has 1 saturated heterocycles. The summed E-state index contributed by atoms with van der Waals surface area (Å²) in [6.07, 6.45) is 0. The smallest absolute Gasteiger partial charge is 0.248 e. The van der Waals surface area contributed by atoms with E-state index in [2.05, 4.69) is 18.7 Å². The first kappa shape index (κ1) is 24.3. The maximum absolute atomic E-state index is 13.7. The summed E-state index contributed by atoms with van der Waals surface area (Å²) in [6, 6.07) is 10.4. The van der Waals surface area contributed by atoms with E-state index in [0.717, 1.165) is 11.6 Å². The third-order valence-corrected chi connectivity index (χ3v) is 5.87. The van der Waals surface area contributed by atoms with Gasteiger partial charge < -0.3 is 9.64 Å². The van der Waals surface area contributed by atoms with Crippen LogP contribution in [0.3, 0.4) is 0 Å². The van der Waals surface area contributed by atoms with E-state index in [-0.39, 0.29) is 30.2 Å². The Morgan fingerprint density at radius 1 is 1.09 bits per heavy atom. The largest absolute Gasteiger partial charge is 0.375 e. The summed E-state index contributed by atoms with van der Waals surface area (Å²) >= 11 is 0. The third kappa shape index (κ3) is 6.33. The van der Waals surface area contributed by atoms with Crippen LogP contribution in [0.4, 0.5) is 13.2 Å². The lowest BCUT2D eigenvalue weighted by Crippen LogP contribution is -2.41. The van der Waals surface area contributed by atoms with Crippen LogP contribution in [0.5, 0.6) is 0 Å². The molecule has 0 bridgehead atoms. The van der Waals surface area contributed by atoms with Crippen LogP contribution in [0.2, 0.25) is 0 Å². The van der Waals surface area contributed by atoms with Gasteiger partial charge in [0, 0.05) is 45.8 Å². The fourth-order valence-corrected chi connectivity index (χ4v) is 4.48. The van der Waals surface area contributed by atoms with Gasteiger partial charge in [0.15, 0.2) is 11.6 Å². The van der Waals surface area contributed by atoms with Gasteiger partial charge in [-0.15, -0.1) is 0 Å². The summed E-state index contributed by atoms with van der Waals surface area (Å²) in [7, 11) is 1.51. The van der Waals surface area contributed by atoms with Crippen LogP contribution in [0.25, 0.3) is 0 Å². The standard InChI is InChI=1S/C25H31F3N2O2/c1-17(2)11-30(25(31)16-32-3)14-20-13-29(12-18-4-9-23(27)24(28)10-18)15-22(20)19-5-7-21(26)8-6-19/h4-10,17,20,22H,11-16H2,1-3H3. The van der Waals surface area contributed by atoms with Crippen LogP contribution < -0.4 is 0 Å². The molecule has 1 fully saturated rings. The van der Waals surface area contributed by atoms with E-state index >= 15 is 0 Å². The van der Waals surface area contributed by atoms with E-state index in [9.17, 15) is 18.0 Å². The van der Waals surface area contributed by atoms with Crippen molar-refractivity contribution in [3.8, 4) is 0 Å². The van der Waals surface area contributed by atoms with Crippen molar-refractivity contribution >= 4 is 5.91 Å². The number of carbonyl (C=O) groups is 1. The maximum Gasteiger partial charge on any atom is 0.248 e. The quantitative estimate of drug-likeness (QED) is 0.568. The Balaban J connectivity index is 1.81. The zero-order valence-electron chi connectivity index (χ0n) is 18.9. The Kier molecular flexibility index (Phi) is 8.32. The Morgan fingerprint density at radius 3 is 2.44 bits per heavy atom. The van der Waals surface area contributed by atoms with Crippen LogP contribution in [0.1, 0.15) is 30.9 Å². The molecule has 2 unspecified atom stereocenters. The first-order chi connectivity index (χ1) is 15.3. The molecule has 3 rings (SSSR count). The van der Waals surface area contributed by atoms with Gasteiger partial charge in [-0.05, 0) is 47.2 Å². The summed E-state index contributed by atoms with van der Waals surface area (Å²) in [6.45, 7) is 7.18. The van der Waals surface area contributed by atoms with E-state index < -0.39 is 11.6 Å². The average molecular weight is 449 g/mol. The SMILES string of the molecule is COCC(=O)N(CC(C)C)CC1CN(Cc2ccc(F)c(F)c2)CC1c1ccc(F)cc1. The summed E-state index contributed by atoms with van der Waals surface area (Å²) in [5.41, 5.74) is 1.70. The van der Waals surface area contributed by atoms with Crippen LogP contribution in [-0.2, 0) is 16.1 Å². The Labute approximate surface area is 188 Å². The molecule has 0 spiro atoms. The fourth-order valence-electron chi connectivity index (χ4n) is 4.48. The van der Waals surface area contributed by atoms with E-state index in [0.29, 0.717) is 44.2 Å². The van der Waals surface area contributed by atoms with E-state index in [4.69, 9.17) is 4.74 Å². The lowest BCUT2D eigenvalue weighted by Gasteiger charge is -2.30. The number of hydrogen-bond donors (Lipinski definition) is 0. The molecule has 2 aromatic rings. The van der Waals surface area contributed by atoms with Crippen molar-refractivity contribution in [3.05, 3.63) is 71.0 Å².